The maximum atomic E-state index is 11.9. The topological polar surface area (TPSA) is 78.1 Å². The summed E-state index contributed by atoms with van der Waals surface area (Å²) in [5.74, 6) is 1.62. The highest BCUT2D eigenvalue weighted by atomic mass is 35.5. The number of hydrogen-bond acceptors (Lipinski definition) is 7. The Kier molecular flexibility index (Phi) is 4.87. The number of fused-ring (bicyclic) bond motifs is 1. The molecule has 3 aromatic heterocycles. The highest BCUT2D eigenvalue weighted by Crippen LogP contribution is 2.35. The number of rotatable bonds is 5. The molecule has 1 aromatic carbocycles. The zero-order valence-corrected chi connectivity index (χ0v) is 17.0. The van der Waals surface area contributed by atoms with E-state index in [0.29, 0.717) is 34.9 Å². The molecule has 0 radical (unpaired) electrons. The molecule has 0 bridgehead atoms. The third-order valence-corrected chi connectivity index (χ3v) is 5.70. The number of aryl methyl sites for hydroxylation is 2. The Labute approximate surface area is 170 Å². The molecule has 0 saturated heterocycles. The molecule has 0 amide bonds. The van der Waals surface area contributed by atoms with Crippen LogP contribution in [0.25, 0.3) is 21.5 Å². The second-order valence-corrected chi connectivity index (χ2v) is 7.62. The van der Waals surface area contributed by atoms with Crippen molar-refractivity contribution in [1.29, 1.82) is 0 Å². The summed E-state index contributed by atoms with van der Waals surface area (Å²) >= 11 is 7.77. The lowest BCUT2D eigenvalue weighted by atomic mass is 10.1. The Morgan fingerprint density at radius 3 is 2.82 bits per heavy atom. The molecule has 28 heavy (non-hydrogen) atoms. The fourth-order valence-electron chi connectivity index (χ4n) is 2.88. The number of pyridine rings is 1. The normalized spacial score (nSPS) is 11.1. The first-order valence-corrected chi connectivity index (χ1v) is 9.79. The summed E-state index contributed by atoms with van der Waals surface area (Å²) < 4.78 is 12.4. The van der Waals surface area contributed by atoms with E-state index in [-0.39, 0.29) is 5.78 Å². The second kappa shape index (κ2) is 7.33. The smallest absolute Gasteiger partial charge is 0.247 e. The van der Waals surface area contributed by atoms with E-state index in [9.17, 15) is 4.79 Å². The van der Waals surface area contributed by atoms with E-state index in [4.69, 9.17) is 20.8 Å². The van der Waals surface area contributed by atoms with Crippen molar-refractivity contribution in [3.05, 3.63) is 57.5 Å². The van der Waals surface area contributed by atoms with Crippen LogP contribution in [0.15, 0.2) is 34.2 Å². The van der Waals surface area contributed by atoms with Crippen molar-refractivity contribution in [2.24, 2.45) is 0 Å². The third-order valence-electron chi connectivity index (χ3n) is 4.35. The molecule has 0 aliphatic carbocycles. The summed E-state index contributed by atoms with van der Waals surface area (Å²) in [6.45, 7) is 5.54. The van der Waals surface area contributed by atoms with Crippen molar-refractivity contribution >= 4 is 38.8 Å². The molecule has 0 aliphatic heterocycles. The lowest BCUT2D eigenvalue weighted by molar-refractivity contribution is 0.101. The molecule has 0 unspecified atom stereocenters. The van der Waals surface area contributed by atoms with Crippen LogP contribution in [0.4, 0.5) is 0 Å². The molecule has 142 valence electrons. The number of halogens is 1. The Bertz CT molecular complexity index is 1200. The maximum absolute atomic E-state index is 11.9. The summed E-state index contributed by atoms with van der Waals surface area (Å²) in [6, 6.07) is 5.73. The van der Waals surface area contributed by atoms with Crippen molar-refractivity contribution in [2.45, 2.75) is 27.4 Å². The van der Waals surface area contributed by atoms with Gasteiger partial charge in [-0.15, -0.1) is 21.5 Å². The van der Waals surface area contributed by atoms with Gasteiger partial charge in [0, 0.05) is 29.6 Å². The first-order chi connectivity index (χ1) is 13.4. The van der Waals surface area contributed by atoms with Gasteiger partial charge in [0.2, 0.25) is 11.8 Å². The molecule has 0 fully saturated rings. The fraction of sp³-hybridized carbons (Fsp3) is 0.200. The first kappa shape index (κ1) is 18.6. The van der Waals surface area contributed by atoms with Gasteiger partial charge in [-0.1, -0.05) is 17.7 Å². The number of nitrogens with zero attached hydrogens (tertiary/aromatic N) is 3. The summed E-state index contributed by atoms with van der Waals surface area (Å²) in [7, 11) is 0. The van der Waals surface area contributed by atoms with Crippen molar-refractivity contribution in [2.75, 3.05) is 0 Å². The Balaban J connectivity index is 1.65. The van der Waals surface area contributed by atoms with Crippen LogP contribution in [0.1, 0.15) is 34.3 Å². The van der Waals surface area contributed by atoms with Crippen LogP contribution in [0.2, 0.25) is 5.15 Å². The van der Waals surface area contributed by atoms with Crippen LogP contribution >= 0.6 is 22.9 Å². The molecule has 4 rings (SSSR count). The molecule has 4 aromatic rings. The van der Waals surface area contributed by atoms with Crippen molar-refractivity contribution in [1.82, 2.24) is 15.2 Å². The van der Waals surface area contributed by atoms with Gasteiger partial charge in [0.25, 0.3) is 0 Å². The standard InChI is InChI=1S/C20H16ClN3O3S/c1-10-4-5-13(20-24-23-12(3)27-20)6-16(10)26-8-14-9-28-18-15(11(2)25)7-22-19(21)17(14)18/h4-7,9H,8H2,1-3H3. The van der Waals surface area contributed by atoms with Gasteiger partial charge in [0.15, 0.2) is 5.78 Å². The molecule has 8 heteroatoms. The van der Waals surface area contributed by atoms with Gasteiger partial charge in [-0.25, -0.2) is 4.98 Å². The Morgan fingerprint density at radius 2 is 2.11 bits per heavy atom. The molecule has 0 atom stereocenters. The number of ketones is 1. The number of aromatic nitrogens is 3. The van der Waals surface area contributed by atoms with E-state index in [2.05, 4.69) is 15.2 Å². The Morgan fingerprint density at radius 1 is 1.29 bits per heavy atom. The minimum Gasteiger partial charge on any atom is -0.489 e. The number of ether oxygens (including phenoxy) is 1. The number of Topliss-reactive ketones (excluding diaryl/α,β-unsaturated/α-hetero) is 1. The predicted octanol–water partition coefficient (Wildman–Crippen LogP) is 5.40. The molecule has 0 aliphatic rings. The number of hydrogen-bond donors (Lipinski definition) is 0. The van der Waals surface area contributed by atoms with Crippen LogP contribution < -0.4 is 4.74 Å². The summed E-state index contributed by atoms with van der Waals surface area (Å²) in [5, 5.41) is 11.0. The highest BCUT2D eigenvalue weighted by molar-refractivity contribution is 7.18. The molecule has 3 heterocycles. The SMILES string of the molecule is CC(=O)c1cnc(Cl)c2c(COc3cc(-c4nnc(C)o4)ccc3C)csc12. The van der Waals surface area contributed by atoms with Crippen LogP contribution in [0.5, 0.6) is 5.75 Å². The largest absolute Gasteiger partial charge is 0.489 e. The predicted molar refractivity (Wildman–Crippen MR) is 108 cm³/mol. The number of carbonyl (C=O) groups is 1. The van der Waals surface area contributed by atoms with E-state index in [1.54, 1.807) is 6.92 Å². The van der Waals surface area contributed by atoms with Crippen LogP contribution in [0, 0.1) is 13.8 Å². The summed E-state index contributed by atoms with van der Waals surface area (Å²) in [5.41, 5.74) is 3.22. The van der Waals surface area contributed by atoms with Gasteiger partial charge in [0.05, 0.1) is 10.3 Å². The van der Waals surface area contributed by atoms with Gasteiger partial charge < -0.3 is 9.15 Å². The molecule has 6 nitrogen and oxygen atoms in total. The summed E-state index contributed by atoms with van der Waals surface area (Å²) in [6.07, 6.45) is 1.52. The minimum absolute atomic E-state index is 0.0399. The number of carbonyl (C=O) groups excluding carboxylic acids is 1. The van der Waals surface area contributed by atoms with E-state index >= 15 is 0 Å². The van der Waals surface area contributed by atoms with Crippen molar-refractivity contribution < 1.29 is 13.9 Å². The quantitative estimate of drug-likeness (QED) is 0.322. The monoisotopic (exact) mass is 413 g/mol. The third kappa shape index (κ3) is 3.39. The van der Waals surface area contributed by atoms with Gasteiger partial charge in [0.1, 0.15) is 17.5 Å². The average molecular weight is 414 g/mol. The Hall–Kier alpha value is -2.77. The first-order valence-electron chi connectivity index (χ1n) is 8.53. The van der Waals surface area contributed by atoms with E-state index in [1.807, 2.05) is 30.5 Å². The van der Waals surface area contributed by atoms with E-state index < -0.39 is 0 Å². The van der Waals surface area contributed by atoms with Gasteiger partial charge >= 0.3 is 0 Å². The average Bonchev–Trinajstić information content (AvgIpc) is 3.28. The van der Waals surface area contributed by atoms with Crippen LogP contribution in [0.3, 0.4) is 0 Å². The zero-order valence-electron chi connectivity index (χ0n) is 15.4. The lowest BCUT2D eigenvalue weighted by Gasteiger charge is -2.10. The molecule has 0 spiro atoms. The number of thiophene rings is 1. The molecule has 0 saturated carbocycles. The number of benzene rings is 1. The molecule has 0 N–H and O–H groups in total. The minimum atomic E-state index is -0.0399. The van der Waals surface area contributed by atoms with E-state index in [0.717, 1.165) is 26.8 Å². The van der Waals surface area contributed by atoms with Gasteiger partial charge in [-0.05, 0) is 36.9 Å². The second-order valence-electron chi connectivity index (χ2n) is 6.38. The lowest BCUT2D eigenvalue weighted by Crippen LogP contribution is -1.99. The zero-order chi connectivity index (χ0) is 19.8. The van der Waals surface area contributed by atoms with Crippen molar-refractivity contribution in [3.8, 4) is 17.2 Å². The van der Waals surface area contributed by atoms with E-state index in [1.165, 1.54) is 24.5 Å². The fourth-order valence-corrected chi connectivity index (χ4v) is 4.31. The van der Waals surface area contributed by atoms with Crippen molar-refractivity contribution in [3.63, 3.8) is 0 Å². The van der Waals surface area contributed by atoms with Gasteiger partial charge in [-0.2, -0.15) is 0 Å². The van der Waals surface area contributed by atoms with Crippen LogP contribution in [-0.2, 0) is 6.61 Å². The van der Waals surface area contributed by atoms with Gasteiger partial charge in [-0.3, -0.25) is 4.79 Å². The molecular formula is C20H16ClN3O3S. The molecular weight excluding hydrogens is 398 g/mol. The van der Waals surface area contributed by atoms with Crippen LogP contribution in [-0.4, -0.2) is 21.0 Å². The summed E-state index contributed by atoms with van der Waals surface area (Å²) in [4.78, 5) is 16.0. The highest BCUT2D eigenvalue weighted by Gasteiger charge is 2.16. The maximum Gasteiger partial charge on any atom is 0.247 e.